The van der Waals surface area contributed by atoms with Gasteiger partial charge in [-0.25, -0.2) is 0 Å². The zero-order valence-corrected chi connectivity index (χ0v) is 9.79. The Morgan fingerprint density at radius 2 is 2.27 bits per heavy atom. The highest BCUT2D eigenvalue weighted by molar-refractivity contribution is 5.10. The average Bonchev–Trinajstić information content (AvgIpc) is 2.57. The highest BCUT2D eigenvalue weighted by Crippen LogP contribution is 2.25. The van der Waals surface area contributed by atoms with Crippen molar-refractivity contribution in [1.29, 1.82) is 0 Å². The standard InChI is InChI=1S/C12H20N2O/c1-4-14(11-7-13-8-11)10(3)12-6-5-9(2)15-12/h5-6,10-11,13H,4,7-8H2,1-3H3. The van der Waals surface area contributed by atoms with Gasteiger partial charge in [-0.15, -0.1) is 0 Å². The number of nitrogens with zero attached hydrogens (tertiary/aromatic N) is 1. The maximum absolute atomic E-state index is 5.68. The fraction of sp³-hybridized carbons (Fsp3) is 0.667. The Labute approximate surface area is 91.4 Å². The van der Waals surface area contributed by atoms with Gasteiger partial charge in [-0.2, -0.15) is 0 Å². The van der Waals surface area contributed by atoms with E-state index in [9.17, 15) is 0 Å². The van der Waals surface area contributed by atoms with Crippen LogP contribution >= 0.6 is 0 Å². The summed E-state index contributed by atoms with van der Waals surface area (Å²) < 4.78 is 5.68. The van der Waals surface area contributed by atoms with Crippen molar-refractivity contribution in [2.75, 3.05) is 19.6 Å². The predicted molar refractivity (Wildman–Crippen MR) is 60.9 cm³/mol. The number of furan rings is 1. The summed E-state index contributed by atoms with van der Waals surface area (Å²) in [5, 5.41) is 3.32. The summed E-state index contributed by atoms with van der Waals surface area (Å²) in [7, 11) is 0. The Kier molecular flexibility index (Phi) is 3.12. The second kappa shape index (κ2) is 4.37. The molecule has 1 atom stereocenters. The minimum Gasteiger partial charge on any atom is -0.465 e. The van der Waals surface area contributed by atoms with Crippen molar-refractivity contribution >= 4 is 0 Å². The maximum atomic E-state index is 5.68. The Balaban J connectivity index is 2.07. The van der Waals surface area contributed by atoms with Crippen molar-refractivity contribution < 1.29 is 4.42 Å². The molecular formula is C12H20N2O. The van der Waals surface area contributed by atoms with Gasteiger partial charge in [0.15, 0.2) is 0 Å². The van der Waals surface area contributed by atoms with E-state index in [0.717, 1.165) is 31.2 Å². The molecule has 1 N–H and O–H groups in total. The molecule has 0 spiro atoms. The molecule has 0 radical (unpaired) electrons. The van der Waals surface area contributed by atoms with Crippen LogP contribution in [0.15, 0.2) is 16.5 Å². The van der Waals surface area contributed by atoms with Crippen molar-refractivity contribution in [3.63, 3.8) is 0 Å². The van der Waals surface area contributed by atoms with E-state index in [1.54, 1.807) is 0 Å². The monoisotopic (exact) mass is 208 g/mol. The van der Waals surface area contributed by atoms with Crippen LogP contribution in [0.3, 0.4) is 0 Å². The van der Waals surface area contributed by atoms with Gasteiger partial charge in [0.2, 0.25) is 0 Å². The number of likely N-dealkylation sites (N-methyl/N-ethyl adjacent to an activating group) is 1. The number of nitrogens with one attached hydrogen (secondary N) is 1. The molecule has 1 fully saturated rings. The normalized spacial score (nSPS) is 19.2. The first-order chi connectivity index (χ1) is 7.22. The minimum atomic E-state index is 0.385. The lowest BCUT2D eigenvalue weighted by Gasteiger charge is -2.40. The van der Waals surface area contributed by atoms with Crippen LogP contribution in [0.1, 0.15) is 31.4 Å². The number of hydrogen-bond donors (Lipinski definition) is 1. The lowest BCUT2D eigenvalue weighted by Crippen LogP contribution is -2.57. The van der Waals surface area contributed by atoms with Crippen molar-refractivity contribution in [3.8, 4) is 0 Å². The summed E-state index contributed by atoms with van der Waals surface area (Å²) >= 11 is 0. The highest BCUT2D eigenvalue weighted by Gasteiger charge is 2.28. The van der Waals surface area contributed by atoms with E-state index in [1.807, 2.05) is 13.0 Å². The first-order valence-electron chi connectivity index (χ1n) is 5.75. The van der Waals surface area contributed by atoms with E-state index in [1.165, 1.54) is 0 Å². The van der Waals surface area contributed by atoms with E-state index in [2.05, 4.69) is 30.1 Å². The number of rotatable bonds is 4. The third kappa shape index (κ3) is 2.08. The van der Waals surface area contributed by atoms with Crippen LogP contribution in [0.2, 0.25) is 0 Å². The van der Waals surface area contributed by atoms with Crippen LogP contribution in [0.4, 0.5) is 0 Å². The van der Waals surface area contributed by atoms with Crippen molar-refractivity contribution in [2.24, 2.45) is 0 Å². The van der Waals surface area contributed by atoms with Gasteiger partial charge in [-0.3, -0.25) is 4.90 Å². The molecule has 2 rings (SSSR count). The quantitative estimate of drug-likeness (QED) is 0.819. The Morgan fingerprint density at radius 3 is 2.67 bits per heavy atom. The molecule has 1 aliphatic heterocycles. The smallest absolute Gasteiger partial charge is 0.121 e. The van der Waals surface area contributed by atoms with Crippen LogP contribution < -0.4 is 5.32 Å². The van der Waals surface area contributed by atoms with Crippen LogP contribution in [0.25, 0.3) is 0 Å². The van der Waals surface area contributed by atoms with Crippen LogP contribution in [-0.2, 0) is 0 Å². The molecule has 0 aromatic carbocycles. The van der Waals surface area contributed by atoms with Gasteiger partial charge in [-0.1, -0.05) is 6.92 Å². The van der Waals surface area contributed by atoms with Crippen molar-refractivity contribution in [2.45, 2.75) is 32.9 Å². The summed E-state index contributed by atoms with van der Waals surface area (Å²) in [6.45, 7) is 9.73. The molecule has 0 bridgehead atoms. The molecule has 3 nitrogen and oxygen atoms in total. The molecule has 0 saturated carbocycles. The molecule has 0 amide bonds. The van der Waals surface area contributed by atoms with E-state index >= 15 is 0 Å². The van der Waals surface area contributed by atoms with Crippen molar-refractivity contribution in [1.82, 2.24) is 10.2 Å². The Hall–Kier alpha value is -0.800. The molecule has 1 unspecified atom stereocenters. The molecule has 1 saturated heterocycles. The first kappa shape index (κ1) is 10.7. The lowest BCUT2D eigenvalue weighted by atomic mass is 10.1. The molecule has 1 aromatic rings. The largest absolute Gasteiger partial charge is 0.465 e. The third-order valence-electron chi connectivity index (χ3n) is 3.26. The van der Waals surface area contributed by atoms with E-state index in [4.69, 9.17) is 4.42 Å². The van der Waals surface area contributed by atoms with Crippen LogP contribution in [0.5, 0.6) is 0 Å². The summed E-state index contributed by atoms with van der Waals surface area (Å²) in [6.07, 6.45) is 0. The predicted octanol–water partition coefficient (Wildman–Crippen LogP) is 1.94. The van der Waals surface area contributed by atoms with Crippen molar-refractivity contribution in [3.05, 3.63) is 23.7 Å². The molecule has 3 heteroatoms. The summed E-state index contributed by atoms with van der Waals surface area (Å²) in [6, 6.07) is 5.19. The molecule has 84 valence electrons. The SMILES string of the molecule is CCN(C1CNC1)C(C)c1ccc(C)o1. The Morgan fingerprint density at radius 1 is 1.53 bits per heavy atom. The molecule has 1 aromatic heterocycles. The van der Waals surface area contributed by atoms with E-state index in [-0.39, 0.29) is 0 Å². The van der Waals surface area contributed by atoms with Gasteiger partial charge in [-0.05, 0) is 32.5 Å². The third-order valence-corrected chi connectivity index (χ3v) is 3.26. The molecule has 0 aliphatic carbocycles. The zero-order chi connectivity index (χ0) is 10.8. The van der Waals surface area contributed by atoms with Gasteiger partial charge in [0.1, 0.15) is 11.5 Å². The molecule has 15 heavy (non-hydrogen) atoms. The molecule has 2 heterocycles. The summed E-state index contributed by atoms with van der Waals surface area (Å²) in [5.41, 5.74) is 0. The van der Waals surface area contributed by atoms with Gasteiger partial charge < -0.3 is 9.73 Å². The summed E-state index contributed by atoms with van der Waals surface area (Å²) in [4.78, 5) is 2.49. The number of hydrogen-bond acceptors (Lipinski definition) is 3. The van der Waals surface area contributed by atoms with E-state index in [0.29, 0.717) is 12.1 Å². The van der Waals surface area contributed by atoms with Gasteiger partial charge in [0.05, 0.1) is 6.04 Å². The Bertz CT molecular complexity index is 317. The van der Waals surface area contributed by atoms with Crippen LogP contribution in [0, 0.1) is 6.92 Å². The maximum Gasteiger partial charge on any atom is 0.121 e. The number of aryl methyl sites for hydroxylation is 1. The average molecular weight is 208 g/mol. The highest BCUT2D eigenvalue weighted by atomic mass is 16.3. The minimum absolute atomic E-state index is 0.385. The van der Waals surface area contributed by atoms with Gasteiger partial charge >= 0.3 is 0 Å². The topological polar surface area (TPSA) is 28.4 Å². The second-order valence-corrected chi connectivity index (χ2v) is 4.27. The summed E-state index contributed by atoms with van der Waals surface area (Å²) in [5.74, 6) is 2.08. The second-order valence-electron chi connectivity index (χ2n) is 4.27. The van der Waals surface area contributed by atoms with Gasteiger partial charge in [0, 0.05) is 19.1 Å². The fourth-order valence-corrected chi connectivity index (χ4v) is 2.20. The lowest BCUT2D eigenvalue weighted by molar-refractivity contribution is 0.0973. The first-order valence-corrected chi connectivity index (χ1v) is 5.75. The zero-order valence-electron chi connectivity index (χ0n) is 9.79. The fourth-order valence-electron chi connectivity index (χ4n) is 2.20. The molecular weight excluding hydrogens is 188 g/mol. The van der Waals surface area contributed by atoms with Gasteiger partial charge in [0.25, 0.3) is 0 Å². The van der Waals surface area contributed by atoms with E-state index < -0.39 is 0 Å². The van der Waals surface area contributed by atoms with Crippen LogP contribution in [-0.4, -0.2) is 30.6 Å². The molecule has 1 aliphatic rings.